The maximum atomic E-state index is 12.8. The molecule has 8 heteroatoms. The van der Waals surface area contributed by atoms with E-state index < -0.39 is 0 Å². The highest BCUT2D eigenvalue weighted by Crippen LogP contribution is 2.28. The van der Waals surface area contributed by atoms with Crippen LogP contribution in [0.1, 0.15) is 29.6 Å². The van der Waals surface area contributed by atoms with Crippen LogP contribution in [0.25, 0.3) is 0 Å². The molecule has 7 nitrogen and oxygen atoms in total. The fourth-order valence-electron chi connectivity index (χ4n) is 3.03. The minimum atomic E-state index is -0.252. The molecule has 3 rings (SSSR count). The Bertz CT molecular complexity index is 822. The largest absolute Gasteiger partial charge is 0.497 e. The van der Waals surface area contributed by atoms with Gasteiger partial charge in [0.15, 0.2) is 5.82 Å². The molecule has 1 saturated heterocycles. The highest BCUT2D eigenvalue weighted by molar-refractivity contribution is 9.10. The normalized spacial score (nSPS) is 14.0. The molecule has 0 saturated carbocycles. The zero-order chi connectivity index (χ0) is 19.4. The van der Waals surface area contributed by atoms with Gasteiger partial charge in [-0.2, -0.15) is 4.98 Å². The first kappa shape index (κ1) is 19.4. The molecule has 0 aliphatic carbocycles. The van der Waals surface area contributed by atoms with Crippen molar-refractivity contribution in [3.05, 3.63) is 34.4 Å². The van der Waals surface area contributed by atoms with Gasteiger partial charge in [-0.05, 0) is 53.4 Å². The second kappa shape index (κ2) is 8.56. The highest BCUT2D eigenvalue weighted by atomic mass is 79.9. The lowest BCUT2D eigenvalue weighted by molar-refractivity contribution is 0.102. The third-order valence-electron chi connectivity index (χ3n) is 4.48. The third kappa shape index (κ3) is 4.50. The van der Waals surface area contributed by atoms with Crippen LogP contribution in [0, 0.1) is 0 Å². The van der Waals surface area contributed by atoms with Crippen molar-refractivity contribution in [3.63, 3.8) is 0 Å². The molecule has 27 heavy (non-hydrogen) atoms. The zero-order valence-corrected chi connectivity index (χ0v) is 17.4. The maximum Gasteiger partial charge on any atom is 0.257 e. The van der Waals surface area contributed by atoms with E-state index >= 15 is 0 Å². The van der Waals surface area contributed by atoms with Crippen molar-refractivity contribution < 1.29 is 9.53 Å². The molecule has 1 aromatic carbocycles. The Morgan fingerprint density at radius 3 is 2.67 bits per heavy atom. The Balaban J connectivity index is 1.86. The lowest BCUT2D eigenvalue weighted by Gasteiger charge is -2.28. The molecule has 0 atom stereocenters. The van der Waals surface area contributed by atoms with E-state index in [1.165, 1.54) is 6.42 Å². The lowest BCUT2D eigenvalue weighted by atomic mass is 10.1. The Hall–Kier alpha value is -2.35. The highest BCUT2D eigenvalue weighted by Gasteiger charge is 2.19. The predicted molar refractivity (Wildman–Crippen MR) is 111 cm³/mol. The molecule has 1 aromatic heterocycles. The van der Waals surface area contributed by atoms with Gasteiger partial charge in [0, 0.05) is 31.7 Å². The molecule has 0 bridgehead atoms. The fraction of sp³-hybridized carbons (Fsp3) is 0.421. The van der Waals surface area contributed by atoms with Crippen molar-refractivity contribution in [2.24, 2.45) is 0 Å². The molecule has 1 amide bonds. The number of amides is 1. The number of halogens is 1. The van der Waals surface area contributed by atoms with Gasteiger partial charge >= 0.3 is 0 Å². The van der Waals surface area contributed by atoms with Crippen molar-refractivity contribution in [2.45, 2.75) is 19.3 Å². The van der Waals surface area contributed by atoms with Crippen molar-refractivity contribution in [3.8, 4) is 5.75 Å². The molecular formula is C19H24BrN5O2. The van der Waals surface area contributed by atoms with Gasteiger partial charge in [0.2, 0.25) is 5.95 Å². The zero-order valence-electron chi connectivity index (χ0n) is 15.8. The van der Waals surface area contributed by atoms with Crippen LogP contribution in [0.4, 0.5) is 17.5 Å². The minimum absolute atomic E-state index is 0.252. The monoisotopic (exact) mass is 433 g/mol. The number of carbonyl (C=O) groups excluding carboxylic acids is 1. The van der Waals surface area contributed by atoms with Crippen LogP contribution >= 0.6 is 15.9 Å². The van der Waals surface area contributed by atoms with Crippen molar-refractivity contribution in [1.82, 2.24) is 9.97 Å². The lowest BCUT2D eigenvalue weighted by Crippen LogP contribution is -2.31. The van der Waals surface area contributed by atoms with Crippen LogP contribution in [-0.2, 0) is 0 Å². The summed E-state index contributed by atoms with van der Waals surface area (Å²) >= 11 is 3.42. The number of methoxy groups -OCH3 is 1. The van der Waals surface area contributed by atoms with Crippen LogP contribution in [0.2, 0.25) is 0 Å². The smallest absolute Gasteiger partial charge is 0.257 e. The summed E-state index contributed by atoms with van der Waals surface area (Å²) in [5.74, 6) is 1.75. The Kier molecular flexibility index (Phi) is 6.15. The number of aromatic nitrogens is 2. The summed E-state index contributed by atoms with van der Waals surface area (Å²) in [4.78, 5) is 26.0. The van der Waals surface area contributed by atoms with Gasteiger partial charge in [0.25, 0.3) is 5.91 Å². The van der Waals surface area contributed by atoms with Crippen LogP contribution < -0.4 is 19.9 Å². The van der Waals surface area contributed by atoms with Crippen LogP contribution in [0.15, 0.2) is 28.9 Å². The van der Waals surface area contributed by atoms with Gasteiger partial charge in [-0.3, -0.25) is 4.79 Å². The summed E-state index contributed by atoms with van der Waals surface area (Å²) in [7, 11) is 5.38. The Labute approximate surface area is 167 Å². The number of hydrogen-bond acceptors (Lipinski definition) is 6. The SMILES string of the molecule is COc1ccc(Br)c(C(=O)Nc2cnc(N3CCCCC3)nc2N(C)C)c1. The van der Waals surface area contributed by atoms with Crippen LogP contribution in [-0.4, -0.2) is 50.2 Å². The number of benzene rings is 1. The summed E-state index contributed by atoms with van der Waals surface area (Å²) in [6.07, 6.45) is 5.24. The van der Waals surface area contributed by atoms with E-state index in [0.717, 1.165) is 25.9 Å². The molecule has 1 aliphatic heterocycles. The van der Waals surface area contributed by atoms with Gasteiger partial charge in [-0.1, -0.05) is 0 Å². The maximum absolute atomic E-state index is 12.8. The molecule has 0 radical (unpaired) electrons. The molecule has 2 heterocycles. The fourth-order valence-corrected chi connectivity index (χ4v) is 3.46. The second-order valence-electron chi connectivity index (χ2n) is 6.65. The number of nitrogens with zero attached hydrogens (tertiary/aromatic N) is 4. The van der Waals surface area contributed by atoms with Crippen LogP contribution in [0.5, 0.6) is 5.75 Å². The van der Waals surface area contributed by atoms with Gasteiger partial charge < -0.3 is 19.9 Å². The number of rotatable bonds is 5. The number of hydrogen-bond donors (Lipinski definition) is 1. The third-order valence-corrected chi connectivity index (χ3v) is 5.18. The Morgan fingerprint density at radius 1 is 1.26 bits per heavy atom. The second-order valence-corrected chi connectivity index (χ2v) is 7.50. The van der Waals surface area contributed by atoms with Crippen molar-refractivity contribution in [1.29, 1.82) is 0 Å². The quantitative estimate of drug-likeness (QED) is 0.776. The number of piperidine rings is 1. The van der Waals surface area contributed by atoms with E-state index in [2.05, 4.69) is 36.1 Å². The van der Waals surface area contributed by atoms with E-state index in [4.69, 9.17) is 4.74 Å². The van der Waals surface area contributed by atoms with Crippen LogP contribution in [0.3, 0.4) is 0 Å². The first-order chi connectivity index (χ1) is 13.0. The van der Waals surface area contributed by atoms with Gasteiger partial charge in [0.05, 0.1) is 18.9 Å². The molecule has 2 aromatic rings. The van der Waals surface area contributed by atoms with E-state index in [0.29, 0.717) is 33.2 Å². The van der Waals surface area contributed by atoms with E-state index in [1.807, 2.05) is 19.0 Å². The Morgan fingerprint density at radius 2 is 2.00 bits per heavy atom. The van der Waals surface area contributed by atoms with Gasteiger partial charge in [0.1, 0.15) is 11.4 Å². The average molecular weight is 434 g/mol. The number of anilines is 3. The summed E-state index contributed by atoms with van der Waals surface area (Å²) < 4.78 is 5.91. The summed E-state index contributed by atoms with van der Waals surface area (Å²) in [5, 5.41) is 2.92. The van der Waals surface area contributed by atoms with E-state index in [-0.39, 0.29) is 5.91 Å². The standard InChI is InChI=1S/C19H24BrN5O2/c1-24(2)17-16(12-21-19(23-17)25-9-5-4-6-10-25)22-18(26)14-11-13(27-3)7-8-15(14)20/h7-8,11-12H,4-6,9-10H2,1-3H3,(H,22,26). The molecule has 144 valence electrons. The van der Waals surface area contributed by atoms with E-state index in [9.17, 15) is 4.79 Å². The first-order valence-electron chi connectivity index (χ1n) is 8.94. The molecule has 1 N–H and O–H groups in total. The number of nitrogens with one attached hydrogen (secondary N) is 1. The number of carbonyl (C=O) groups is 1. The topological polar surface area (TPSA) is 70.6 Å². The minimum Gasteiger partial charge on any atom is -0.497 e. The predicted octanol–water partition coefficient (Wildman–Crippen LogP) is 3.56. The van der Waals surface area contributed by atoms with Gasteiger partial charge in [-0.25, -0.2) is 4.98 Å². The number of ether oxygens (including phenoxy) is 1. The molecular weight excluding hydrogens is 410 g/mol. The summed E-state index contributed by atoms with van der Waals surface area (Å²) in [6, 6.07) is 5.27. The summed E-state index contributed by atoms with van der Waals surface area (Å²) in [6.45, 7) is 1.94. The average Bonchev–Trinajstić information content (AvgIpc) is 2.69. The van der Waals surface area contributed by atoms with Gasteiger partial charge in [-0.15, -0.1) is 0 Å². The van der Waals surface area contributed by atoms with E-state index in [1.54, 1.807) is 31.5 Å². The molecule has 0 spiro atoms. The molecule has 1 aliphatic rings. The van der Waals surface area contributed by atoms with Crippen molar-refractivity contribution in [2.75, 3.05) is 49.4 Å². The molecule has 1 fully saturated rings. The molecule has 0 unspecified atom stereocenters. The van der Waals surface area contributed by atoms with Crippen molar-refractivity contribution >= 4 is 39.3 Å². The first-order valence-corrected chi connectivity index (χ1v) is 9.73. The summed E-state index contributed by atoms with van der Waals surface area (Å²) in [5.41, 5.74) is 1.06.